The summed E-state index contributed by atoms with van der Waals surface area (Å²) >= 11 is 6.13. The molecule has 0 N–H and O–H groups in total. The van der Waals surface area contributed by atoms with Crippen molar-refractivity contribution in [2.45, 2.75) is 82.5 Å². The van der Waals surface area contributed by atoms with Crippen molar-refractivity contribution >= 4 is 31.6 Å². The standard InChI is InChI=1S/C35H41ClF3NO3Si/c1-33(2,43-44(3,4)5)29-21-34(22-29,40(32(42)23-36)24-25-16-18-28(19-17-25)35(37,38)39)31(41)20-30(26-12-8-6-9-13-26)27-14-10-7-11-15-27/h6-19,29-30H,20-24H2,1-5H3. The van der Waals surface area contributed by atoms with Gasteiger partial charge in [-0.25, -0.2) is 0 Å². The fourth-order valence-corrected chi connectivity index (χ4v) is 8.31. The van der Waals surface area contributed by atoms with Crippen molar-refractivity contribution in [2.75, 3.05) is 5.88 Å². The third-order valence-electron chi connectivity index (χ3n) is 8.59. The van der Waals surface area contributed by atoms with Crippen LogP contribution in [0.2, 0.25) is 19.6 Å². The molecular formula is C35H41ClF3NO3Si. The third kappa shape index (κ3) is 7.82. The van der Waals surface area contributed by atoms with Gasteiger partial charge in [0.25, 0.3) is 0 Å². The van der Waals surface area contributed by atoms with Crippen LogP contribution in [0.15, 0.2) is 84.9 Å². The first-order chi connectivity index (χ1) is 20.6. The lowest BCUT2D eigenvalue weighted by atomic mass is 9.58. The molecule has 0 unspecified atom stereocenters. The van der Waals surface area contributed by atoms with Crippen molar-refractivity contribution < 1.29 is 27.2 Å². The van der Waals surface area contributed by atoms with Gasteiger partial charge in [0.05, 0.1) is 11.2 Å². The van der Waals surface area contributed by atoms with Crippen molar-refractivity contribution in [1.29, 1.82) is 0 Å². The van der Waals surface area contributed by atoms with E-state index in [0.29, 0.717) is 18.4 Å². The molecule has 0 spiro atoms. The highest BCUT2D eigenvalue weighted by Gasteiger charge is 2.59. The van der Waals surface area contributed by atoms with E-state index in [2.05, 4.69) is 19.6 Å². The lowest BCUT2D eigenvalue weighted by molar-refractivity contribution is -0.164. The molecule has 236 valence electrons. The molecule has 0 heterocycles. The van der Waals surface area contributed by atoms with Crippen LogP contribution < -0.4 is 0 Å². The summed E-state index contributed by atoms with van der Waals surface area (Å²) in [5.41, 5.74) is -0.0217. The molecule has 1 aliphatic rings. The first kappa shape index (κ1) is 33.9. The first-order valence-electron chi connectivity index (χ1n) is 14.9. The molecule has 3 aromatic carbocycles. The van der Waals surface area contributed by atoms with Gasteiger partial charge in [-0.2, -0.15) is 13.2 Å². The maximum absolute atomic E-state index is 14.7. The number of halogens is 4. The second-order valence-corrected chi connectivity index (χ2v) is 18.0. The van der Waals surface area contributed by atoms with Crippen molar-refractivity contribution in [2.24, 2.45) is 5.92 Å². The fourth-order valence-electron chi connectivity index (χ4n) is 6.42. The maximum Gasteiger partial charge on any atom is 0.416 e. The zero-order chi connectivity index (χ0) is 32.3. The predicted molar refractivity (Wildman–Crippen MR) is 171 cm³/mol. The highest BCUT2D eigenvalue weighted by molar-refractivity contribution is 6.69. The van der Waals surface area contributed by atoms with Gasteiger partial charge in [-0.1, -0.05) is 72.8 Å². The van der Waals surface area contributed by atoms with E-state index in [1.54, 1.807) is 0 Å². The van der Waals surface area contributed by atoms with E-state index in [1.165, 1.54) is 17.0 Å². The molecule has 0 aromatic heterocycles. The van der Waals surface area contributed by atoms with E-state index in [-0.39, 0.29) is 36.5 Å². The van der Waals surface area contributed by atoms with Gasteiger partial charge in [-0.15, -0.1) is 11.6 Å². The molecule has 9 heteroatoms. The van der Waals surface area contributed by atoms with Gasteiger partial charge in [0.1, 0.15) is 11.4 Å². The van der Waals surface area contributed by atoms with Crippen LogP contribution in [0.1, 0.15) is 61.3 Å². The van der Waals surface area contributed by atoms with Crippen molar-refractivity contribution in [3.05, 3.63) is 107 Å². The van der Waals surface area contributed by atoms with Gasteiger partial charge in [0.15, 0.2) is 14.1 Å². The number of hydrogen-bond donors (Lipinski definition) is 0. The number of alkyl halides is 4. The summed E-state index contributed by atoms with van der Waals surface area (Å²) < 4.78 is 46.3. The van der Waals surface area contributed by atoms with Gasteiger partial charge >= 0.3 is 6.18 Å². The topological polar surface area (TPSA) is 46.6 Å². The number of rotatable bonds is 12. The van der Waals surface area contributed by atoms with Gasteiger partial charge < -0.3 is 9.33 Å². The summed E-state index contributed by atoms with van der Waals surface area (Å²) in [6, 6.07) is 24.3. The number of nitrogens with zero attached hydrogens (tertiary/aromatic N) is 1. The van der Waals surface area contributed by atoms with Crippen LogP contribution in [-0.2, 0) is 26.7 Å². The number of carbonyl (C=O) groups excluding carboxylic acids is 2. The molecule has 1 amide bonds. The number of benzene rings is 3. The van der Waals surface area contributed by atoms with Crippen LogP contribution in [0.3, 0.4) is 0 Å². The minimum absolute atomic E-state index is 0.0108. The predicted octanol–water partition coefficient (Wildman–Crippen LogP) is 8.84. The molecule has 0 saturated heterocycles. The molecule has 4 rings (SSSR count). The average Bonchev–Trinajstić information content (AvgIpc) is 2.93. The van der Waals surface area contributed by atoms with E-state index < -0.39 is 37.1 Å². The Kier molecular flexibility index (Phi) is 10.2. The summed E-state index contributed by atoms with van der Waals surface area (Å²) in [6.07, 6.45) is -3.57. The van der Waals surface area contributed by atoms with Crippen LogP contribution in [0.4, 0.5) is 13.2 Å². The monoisotopic (exact) mass is 643 g/mol. The first-order valence-corrected chi connectivity index (χ1v) is 18.9. The smallest absolute Gasteiger partial charge is 0.412 e. The molecule has 0 atom stereocenters. The minimum Gasteiger partial charge on any atom is -0.412 e. The number of Topliss-reactive ketones (excluding diaryl/α,β-unsaturated/α-hetero) is 1. The second kappa shape index (κ2) is 13.2. The Morgan fingerprint density at radius 2 is 1.41 bits per heavy atom. The molecule has 1 fully saturated rings. The van der Waals surface area contributed by atoms with Crippen LogP contribution in [0.25, 0.3) is 0 Å². The van der Waals surface area contributed by atoms with E-state index in [1.807, 2.05) is 74.5 Å². The van der Waals surface area contributed by atoms with E-state index >= 15 is 0 Å². The third-order valence-corrected chi connectivity index (χ3v) is 9.95. The normalized spacial score (nSPS) is 19.0. The van der Waals surface area contributed by atoms with Crippen LogP contribution in [-0.4, -0.2) is 41.9 Å². The van der Waals surface area contributed by atoms with Gasteiger partial charge in [0.2, 0.25) is 5.91 Å². The Balaban J connectivity index is 1.74. The average molecular weight is 644 g/mol. The fraction of sp³-hybridized carbons (Fsp3) is 0.429. The molecule has 0 radical (unpaired) electrons. The van der Waals surface area contributed by atoms with E-state index in [4.69, 9.17) is 16.0 Å². The Morgan fingerprint density at radius 3 is 1.84 bits per heavy atom. The van der Waals surface area contributed by atoms with E-state index in [0.717, 1.165) is 23.3 Å². The van der Waals surface area contributed by atoms with Crippen LogP contribution >= 0.6 is 11.6 Å². The minimum atomic E-state index is -4.48. The molecular weight excluding hydrogens is 603 g/mol. The molecule has 1 saturated carbocycles. The SMILES string of the molecule is CC(C)(O[Si](C)(C)C)C1CC(C(=O)CC(c2ccccc2)c2ccccc2)(N(Cc2ccc(C(F)(F)F)cc2)C(=O)CCl)C1. The van der Waals surface area contributed by atoms with Crippen molar-refractivity contribution in [3.63, 3.8) is 0 Å². The second-order valence-electron chi connectivity index (χ2n) is 13.3. The lowest BCUT2D eigenvalue weighted by Gasteiger charge is -2.58. The highest BCUT2D eigenvalue weighted by Crippen LogP contribution is 2.52. The van der Waals surface area contributed by atoms with E-state index in [9.17, 15) is 22.8 Å². The summed E-state index contributed by atoms with van der Waals surface area (Å²) in [7, 11) is -1.94. The van der Waals surface area contributed by atoms with Crippen LogP contribution in [0, 0.1) is 5.92 Å². The molecule has 3 aromatic rings. The number of ketones is 1. The highest BCUT2D eigenvalue weighted by atomic mass is 35.5. The Labute approximate surface area is 264 Å². The summed E-state index contributed by atoms with van der Waals surface area (Å²) in [5.74, 6) is -1.14. The zero-order valence-corrected chi connectivity index (χ0v) is 27.7. The number of carbonyl (C=O) groups is 2. The Hall–Kier alpha value is -2.94. The lowest BCUT2D eigenvalue weighted by Crippen LogP contribution is -2.67. The summed E-state index contributed by atoms with van der Waals surface area (Å²) in [5, 5.41) is 0. The van der Waals surface area contributed by atoms with Crippen molar-refractivity contribution in [1.82, 2.24) is 4.90 Å². The van der Waals surface area contributed by atoms with Gasteiger partial charge in [-0.05, 0) is 81.1 Å². The number of amides is 1. The van der Waals surface area contributed by atoms with Crippen molar-refractivity contribution in [3.8, 4) is 0 Å². The van der Waals surface area contributed by atoms with Crippen LogP contribution in [0.5, 0.6) is 0 Å². The molecule has 1 aliphatic carbocycles. The summed E-state index contributed by atoms with van der Waals surface area (Å²) in [6.45, 7) is 10.4. The quantitative estimate of drug-likeness (QED) is 0.146. The van der Waals surface area contributed by atoms with Gasteiger partial charge in [-0.3, -0.25) is 9.59 Å². The Bertz CT molecular complexity index is 1380. The maximum atomic E-state index is 14.7. The summed E-state index contributed by atoms with van der Waals surface area (Å²) in [4.78, 5) is 29.7. The number of hydrogen-bond acceptors (Lipinski definition) is 3. The molecule has 0 aliphatic heterocycles. The zero-order valence-electron chi connectivity index (χ0n) is 26.0. The molecule has 44 heavy (non-hydrogen) atoms. The molecule has 0 bridgehead atoms. The van der Waals surface area contributed by atoms with Gasteiger partial charge in [0, 0.05) is 18.9 Å². The molecule has 4 nitrogen and oxygen atoms in total. The Morgan fingerprint density at radius 1 is 0.909 bits per heavy atom. The largest absolute Gasteiger partial charge is 0.416 e.